The van der Waals surface area contributed by atoms with Crippen molar-refractivity contribution in [3.05, 3.63) is 33.7 Å². The van der Waals surface area contributed by atoms with Gasteiger partial charge in [-0.25, -0.2) is 22.9 Å². The quantitative estimate of drug-likeness (QED) is 0.165. The van der Waals surface area contributed by atoms with Gasteiger partial charge >= 0.3 is 5.97 Å². The Balaban J connectivity index is 0.00000484. The van der Waals surface area contributed by atoms with Gasteiger partial charge in [-0.05, 0) is 74.5 Å². The second kappa shape index (κ2) is 15.4. The van der Waals surface area contributed by atoms with Crippen LogP contribution in [-0.4, -0.2) is 61.0 Å². The topological polar surface area (TPSA) is 240 Å². The summed E-state index contributed by atoms with van der Waals surface area (Å²) >= 11 is 0. The first-order chi connectivity index (χ1) is 19.6. The molecule has 0 radical (unpaired) electrons. The molecule has 234 valence electrons. The molecule has 2 aliphatic rings. The predicted octanol–water partition coefficient (Wildman–Crippen LogP) is 2.30. The molecule has 5 N–H and O–H groups in total. The molecule has 16 heteroatoms. The van der Waals surface area contributed by atoms with Crippen LogP contribution in [0, 0.1) is 47.3 Å². The number of amidine groups is 1. The number of aliphatic hydroxyl groups excluding tert-OH is 1. The largest absolute Gasteiger partial charge is 0.495 e. The van der Waals surface area contributed by atoms with Crippen LogP contribution in [0.4, 0.5) is 5.82 Å². The summed E-state index contributed by atoms with van der Waals surface area (Å²) < 4.78 is 31.1. The first-order valence-electron chi connectivity index (χ1n) is 13.3. The average molecular weight is 680 g/mol. The fourth-order valence-corrected chi connectivity index (χ4v) is 6.15. The third kappa shape index (κ3) is 8.92. The molecule has 1 aromatic heterocycles. The van der Waals surface area contributed by atoms with E-state index in [4.69, 9.17) is 4.74 Å². The van der Waals surface area contributed by atoms with Gasteiger partial charge in [0, 0.05) is 19.5 Å². The number of aliphatic imine (C=N–C) groups is 2. The number of esters is 1. The van der Waals surface area contributed by atoms with Crippen molar-refractivity contribution in [1.82, 2.24) is 9.71 Å². The van der Waals surface area contributed by atoms with Crippen molar-refractivity contribution in [1.29, 1.82) is 10.5 Å². The van der Waals surface area contributed by atoms with Gasteiger partial charge in [0.2, 0.25) is 15.9 Å². The number of aromatic nitrogens is 1. The van der Waals surface area contributed by atoms with E-state index in [2.05, 4.69) is 31.9 Å². The van der Waals surface area contributed by atoms with Crippen LogP contribution in [0.5, 0.6) is 0 Å². The number of allylic oxidation sites excluding steroid dienone is 1. The zero-order valence-corrected chi connectivity index (χ0v) is 29.5. The number of carbonyl (C=O) groups is 2. The number of sulfonamides is 1. The summed E-state index contributed by atoms with van der Waals surface area (Å²) in [6, 6.07) is 2.59. The number of ether oxygens (including phenoxy) is 1. The molecule has 2 heterocycles. The fraction of sp³-hybridized carbons (Fsp3) is 0.500. The Kier molecular flexibility index (Phi) is 13.4. The van der Waals surface area contributed by atoms with Crippen LogP contribution in [0.3, 0.4) is 0 Å². The molecule has 1 saturated carbocycles. The van der Waals surface area contributed by atoms with Gasteiger partial charge in [-0.2, -0.15) is 15.5 Å². The standard InChI is InChI=1S/C28H35N7O6S.H2O.Zn/c1-13-8-14(2)24(15(3)9-13)41-28(38)23-16(4)21(32-26(23)31-18(6)36)10-22-19(11-29)20(12-30)25(33-22)34-27(37)17(5)35-42(7,39)40;;/h10,13-15,17,24,35H,8-9H2,1-7H3,(H3,31,32,33,34,36,37,38);1H2;/p-1. The monoisotopic (exact) mass is 678 g/mol. The van der Waals surface area contributed by atoms with Crippen molar-refractivity contribution >= 4 is 45.5 Å². The second-order valence-electron chi connectivity index (χ2n) is 10.9. The summed E-state index contributed by atoms with van der Waals surface area (Å²) in [5.74, 6) is -1.28. The minimum Gasteiger partial charge on any atom is -0.495 e. The van der Waals surface area contributed by atoms with E-state index in [0.717, 1.165) is 19.1 Å². The van der Waals surface area contributed by atoms with E-state index in [0.29, 0.717) is 11.5 Å². The minimum absolute atomic E-state index is 0. The molecule has 14 nitrogen and oxygen atoms in total. The second-order valence-corrected chi connectivity index (χ2v) is 12.7. The number of nitrogens with one attached hydrogen (secondary N) is 2. The third-order valence-electron chi connectivity index (χ3n) is 7.09. The molecule has 1 amide bonds. The van der Waals surface area contributed by atoms with Crippen molar-refractivity contribution in [2.75, 3.05) is 11.6 Å². The molecule has 1 aliphatic heterocycles. The van der Waals surface area contributed by atoms with Crippen molar-refractivity contribution in [3.63, 3.8) is 0 Å². The van der Waals surface area contributed by atoms with E-state index in [1.165, 1.54) is 19.9 Å². The van der Waals surface area contributed by atoms with Gasteiger partial charge < -0.3 is 25.6 Å². The Morgan fingerprint density at radius 3 is 2.25 bits per heavy atom. The molecule has 1 fully saturated rings. The molecule has 3 unspecified atom stereocenters. The van der Waals surface area contributed by atoms with Crippen molar-refractivity contribution in [2.24, 2.45) is 27.7 Å². The van der Waals surface area contributed by atoms with Crippen LogP contribution in [0.2, 0.25) is 0 Å². The number of rotatable bonds is 7. The summed E-state index contributed by atoms with van der Waals surface area (Å²) in [5.41, 5.74) is 0.174. The Morgan fingerprint density at radius 1 is 1.18 bits per heavy atom. The van der Waals surface area contributed by atoms with Crippen molar-refractivity contribution in [2.45, 2.75) is 66.5 Å². The predicted molar refractivity (Wildman–Crippen MR) is 160 cm³/mol. The van der Waals surface area contributed by atoms with Gasteiger partial charge in [0.1, 0.15) is 29.7 Å². The number of amides is 1. The fourth-order valence-electron chi connectivity index (χ4n) is 5.40. The van der Waals surface area contributed by atoms with Crippen LogP contribution in [-0.2, 0) is 39.0 Å². The molecule has 3 atom stereocenters. The van der Waals surface area contributed by atoms with Crippen LogP contribution in [0.1, 0.15) is 69.1 Å². The van der Waals surface area contributed by atoms with Gasteiger partial charge in [0.05, 0.1) is 29.1 Å². The first-order valence-corrected chi connectivity index (χ1v) is 15.2. The number of hydrogen-bond donors (Lipinski definition) is 3. The molecule has 3 rings (SSSR count). The van der Waals surface area contributed by atoms with E-state index in [1.54, 1.807) is 6.92 Å². The van der Waals surface area contributed by atoms with Gasteiger partial charge in [0.15, 0.2) is 5.84 Å². The molecule has 0 bridgehead atoms. The maximum absolute atomic E-state index is 13.5. The summed E-state index contributed by atoms with van der Waals surface area (Å²) in [6.07, 6.45) is 3.79. The summed E-state index contributed by atoms with van der Waals surface area (Å²) in [4.78, 5) is 37.9. The molecule has 0 aromatic carbocycles. The van der Waals surface area contributed by atoms with E-state index in [9.17, 15) is 33.6 Å². The summed E-state index contributed by atoms with van der Waals surface area (Å²) in [6.45, 7) is 10.5. The van der Waals surface area contributed by atoms with E-state index >= 15 is 0 Å². The number of carbonyl (C=O) groups excluding carboxylic acids is 2. The first kappa shape index (κ1) is 38.3. The van der Waals surface area contributed by atoms with Gasteiger partial charge in [-0.3, -0.25) is 4.79 Å². The number of nitrogens with zero attached hydrogens (tertiary/aromatic N) is 5. The van der Waals surface area contributed by atoms with Crippen LogP contribution >= 0.6 is 0 Å². The third-order valence-corrected chi connectivity index (χ3v) is 7.87. The normalized spacial score (nSPS) is 23.4. The number of anilines is 1. The number of aliphatic hydroxyl groups is 1. The molecular weight excluding hydrogens is 644 g/mol. The number of hydrogen-bond acceptors (Lipinski definition) is 9. The number of nitriles is 2. The Bertz CT molecular complexity index is 1600. The molecular formula is C28H36N7O7SZn-. The summed E-state index contributed by atoms with van der Waals surface area (Å²) in [7, 11) is -3.68. The van der Waals surface area contributed by atoms with E-state index < -0.39 is 33.8 Å². The zero-order valence-electron chi connectivity index (χ0n) is 25.7. The summed E-state index contributed by atoms with van der Waals surface area (Å²) in [5, 5.41) is 32.4. The van der Waals surface area contributed by atoms with Crippen molar-refractivity contribution in [3.8, 4) is 12.1 Å². The average Bonchev–Trinajstić information content (AvgIpc) is 3.35. The molecule has 44 heavy (non-hydrogen) atoms. The maximum Gasteiger partial charge on any atom is 0.338 e. The van der Waals surface area contributed by atoms with Crippen molar-refractivity contribution < 1.29 is 52.8 Å². The maximum atomic E-state index is 13.5. The van der Waals surface area contributed by atoms with Gasteiger partial charge in [-0.1, -0.05) is 20.8 Å². The zero-order chi connectivity index (χ0) is 31.5. The van der Waals surface area contributed by atoms with E-state index in [1.807, 2.05) is 26.0 Å². The Morgan fingerprint density at radius 2 is 1.75 bits per heavy atom. The SMILES string of the molecule is CC(=O)Nc1[n-]c(/C=C2\N=C(N=C(O)C(C)NS(C)(=O)=O)C(C#N)=C2C#N)c(C)c1C(=O)OC1C(C)CC(C)CC1C.O.[Zn]. The van der Waals surface area contributed by atoms with E-state index in [-0.39, 0.29) is 82.6 Å². The minimum atomic E-state index is -3.68. The molecule has 1 aliphatic carbocycles. The molecule has 0 spiro atoms. The van der Waals surface area contributed by atoms with Crippen LogP contribution < -0.4 is 15.0 Å². The van der Waals surface area contributed by atoms with Crippen LogP contribution in [0.15, 0.2) is 26.8 Å². The van der Waals surface area contributed by atoms with Gasteiger partial charge in [-0.15, -0.1) is 0 Å². The Hall–Kier alpha value is -3.69. The van der Waals surface area contributed by atoms with Crippen LogP contribution in [0.25, 0.3) is 6.08 Å². The molecule has 1 aromatic rings. The molecule has 0 saturated heterocycles. The smallest absolute Gasteiger partial charge is 0.338 e. The Labute approximate surface area is 269 Å². The van der Waals surface area contributed by atoms with Gasteiger partial charge in [0.25, 0.3) is 0 Å².